The van der Waals surface area contributed by atoms with Crippen molar-refractivity contribution in [1.82, 2.24) is 0 Å². The first-order valence-corrected chi connectivity index (χ1v) is 47.5. The van der Waals surface area contributed by atoms with E-state index in [1.807, 2.05) is 0 Å². The first kappa shape index (κ1) is 108. The molecule has 0 aromatic carbocycles. The molecule has 0 aromatic rings. The Labute approximate surface area is 707 Å². The van der Waals surface area contributed by atoms with Crippen LogP contribution in [-0.2, 0) is 84.2 Å². The number of aliphatic hydroxyl groups is 15. The van der Waals surface area contributed by atoms with Gasteiger partial charge in [0.1, 0.15) is 135 Å². The molecule has 5 fully saturated rings. The third kappa shape index (κ3) is 39.1. The highest BCUT2D eigenvalue weighted by molar-refractivity contribution is 7.47. The van der Waals surface area contributed by atoms with E-state index < -0.39 is 239 Å². The highest BCUT2D eigenvalue weighted by atomic mass is 31.2. The van der Waals surface area contributed by atoms with E-state index in [9.17, 15) is 105 Å². The lowest BCUT2D eigenvalue weighted by Crippen LogP contribution is -2.70. The Balaban J connectivity index is 1.15. The summed E-state index contributed by atoms with van der Waals surface area (Å²) in [6.07, 6.45) is -5.96. The first-order chi connectivity index (χ1) is 57.5. The van der Waals surface area contributed by atoms with Gasteiger partial charge < -0.3 is 145 Å². The van der Waals surface area contributed by atoms with Crippen LogP contribution in [0.2, 0.25) is 0 Å². The average Bonchev–Trinajstić information content (AvgIpc) is 0.764. The Hall–Kier alpha value is -2.10. The molecule has 4 saturated heterocycles. The lowest BCUT2D eigenvalue weighted by atomic mass is 9.84. The van der Waals surface area contributed by atoms with Crippen LogP contribution in [0.3, 0.4) is 0 Å². The summed E-state index contributed by atoms with van der Waals surface area (Å²) < 4.78 is 104. The lowest BCUT2D eigenvalue weighted by molar-refractivity contribution is -0.377. The fraction of sp³-hybridized carbons (Fsp3) is 0.951. The Morgan fingerprint density at radius 2 is 0.767 bits per heavy atom. The zero-order valence-electron chi connectivity index (χ0n) is 70.7. The van der Waals surface area contributed by atoms with Crippen molar-refractivity contribution < 1.29 is 171 Å². The van der Waals surface area contributed by atoms with Gasteiger partial charge in [0.25, 0.3) is 0 Å². The van der Waals surface area contributed by atoms with Crippen molar-refractivity contribution in [2.75, 3.05) is 52.8 Å². The second-order valence-corrected chi connectivity index (χ2v) is 35.6. The number of rotatable bonds is 66. The summed E-state index contributed by atoms with van der Waals surface area (Å²) in [6, 6.07) is -1.92. The molecule has 21 N–H and O–H groups in total. The summed E-state index contributed by atoms with van der Waals surface area (Å²) in [6.45, 7) is -1.88. The molecule has 0 spiro atoms. The molecule has 4 heterocycles. The number of hydrogen-bond donors (Lipinski definition) is 19. The maximum Gasteiger partial charge on any atom is 0.472 e. The maximum absolute atomic E-state index is 14.0. The van der Waals surface area contributed by atoms with Crippen LogP contribution < -0.4 is 11.5 Å². The minimum atomic E-state index is -5.60. The van der Waals surface area contributed by atoms with E-state index in [4.69, 9.17) is 72.4 Å². The van der Waals surface area contributed by atoms with Crippen molar-refractivity contribution in [3.8, 4) is 0 Å². The number of carbonyl (C=O) groups excluding carboxylic acids is 2. The molecule has 13 unspecified atom stereocenters. The fourth-order valence-corrected chi connectivity index (χ4v) is 17.0. The van der Waals surface area contributed by atoms with Crippen molar-refractivity contribution in [2.24, 2.45) is 11.5 Å². The topological polar surface area (TPSA) is 593 Å². The number of hydrogen-bond acceptors (Lipinski definition) is 35. The van der Waals surface area contributed by atoms with Crippen molar-refractivity contribution in [2.45, 2.75) is 436 Å². The Morgan fingerprint density at radius 1 is 0.383 bits per heavy atom. The van der Waals surface area contributed by atoms with Crippen molar-refractivity contribution >= 4 is 27.6 Å². The van der Waals surface area contributed by atoms with E-state index in [2.05, 4.69) is 30.5 Å². The Morgan fingerprint density at radius 3 is 1.23 bits per heavy atom. The number of phosphoric acid groups is 2. The number of nitrogens with two attached hydrogens (primary N) is 2. The minimum Gasteiger partial charge on any atom is -0.463 e. The van der Waals surface area contributed by atoms with E-state index in [1.54, 1.807) is 0 Å². The van der Waals surface area contributed by atoms with Gasteiger partial charge in [-0.25, -0.2) is 9.13 Å². The number of allylic oxidation sites excluding steroid dienone is 2. The molecule has 5 aliphatic rings. The highest BCUT2D eigenvalue weighted by Gasteiger charge is 2.59. The second-order valence-electron chi connectivity index (χ2n) is 32.7. The molecule has 29 atom stereocenters. The van der Waals surface area contributed by atoms with Gasteiger partial charge in [-0.1, -0.05) is 231 Å². The molecular weight excluding hydrogens is 1620 g/mol. The van der Waals surface area contributed by atoms with E-state index >= 15 is 0 Å². The van der Waals surface area contributed by atoms with Crippen LogP contribution in [0.25, 0.3) is 0 Å². The van der Waals surface area contributed by atoms with Crippen LogP contribution in [0.4, 0.5) is 0 Å². The molecular formula is C81H152N2O35P2. The van der Waals surface area contributed by atoms with Gasteiger partial charge in [0.2, 0.25) is 0 Å². The molecule has 0 aromatic heterocycles. The molecule has 37 nitrogen and oxygen atoms in total. The van der Waals surface area contributed by atoms with Crippen molar-refractivity contribution in [3.05, 3.63) is 12.2 Å². The van der Waals surface area contributed by atoms with Crippen LogP contribution in [0.1, 0.15) is 271 Å². The quantitative estimate of drug-likeness (QED) is 0.0174. The molecule has 0 radical (unpaired) electrons. The van der Waals surface area contributed by atoms with Crippen molar-refractivity contribution in [1.29, 1.82) is 0 Å². The zero-order valence-corrected chi connectivity index (χ0v) is 72.5. The van der Waals surface area contributed by atoms with Crippen LogP contribution >= 0.6 is 15.6 Å². The first-order valence-electron chi connectivity index (χ1n) is 44.5. The molecule has 5 rings (SSSR count). The molecule has 1 saturated carbocycles. The van der Waals surface area contributed by atoms with E-state index in [-0.39, 0.29) is 19.4 Å². The maximum atomic E-state index is 14.0. The number of phosphoric ester groups is 2. The largest absolute Gasteiger partial charge is 0.472 e. The van der Waals surface area contributed by atoms with Gasteiger partial charge in [0.15, 0.2) is 31.3 Å². The SMILES string of the molecule is CCCCCCCC/C=C\CCCCCCCCCCCCCCCCCCCC(=O)OC[C@@H](O)COP(=O)(O)OC1[C@H](O[C@H]2OC(CO)[C@@H](O[C@H]3OC(CO[C@H]4OC(CO)[C@@H](O)C(O)[C@H]4O[C@H]4OC(COP(=O)(O)OCCN)[C@H](O)[C@H](O)C4O)[C@@H](O)C(O)[C@H]3O)[C@H](O)C2N)C(O)C(O)[C@@H](O)[C@@H]1OC(=O)CCCCCCCCCCCCCCC. The van der Waals surface area contributed by atoms with Crippen LogP contribution in [-0.4, -0.2) is 317 Å². The lowest BCUT2D eigenvalue weighted by Gasteiger charge is -2.49. The summed E-state index contributed by atoms with van der Waals surface area (Å²) in [5, 5.41) is 166. The number of esters is 2. The predicted molar refractivity (Wildman–Crippen MR) is 433 cm³/mol. The zero-order chi connectivity index (χ0) is 88.0. The van der Waals surface area contributed by atoms with Crippen LogP contribution in [0.15, 0.2) is 12.2 Å². The highest BCUT2D eigenvalue weighted by Crippen LogP contribution is 2.49. The van der Waals surface area contributed by atoms with E-state index in [0.717, 1.165) is 70.6 Å². The molecule has 4 aliphatic heterocycles. The van der Waals surface area contributed by atoms with Gasteiger partial charge in [-0.15, -0.1) is 0 Å². The summed E-state index contributed by atoms with van der Waals surface area (Å²) >= 11 is 0. The Kier molecular flexibility index (Phi) is 54.8. The number of ether oxygens (including phenoxy) is 10. The average molecular weight is 1780 g/mol. The molecule has 0 amide bonds. The normalized spacial score (nSPS) is 33.1. The standard InChI is InChI=1S/C81H152N2O35P2/c1-3-5-7-9-11-13-15-17-18-19-20-21-22-23-24-25-26-27-28-29-30-32-33-35-37-39-41-43-58(87)105-49-53(86)50-108-120(103,104)118-77-74(114-59(88)44-42-40-38-36-34-31-16-14-12-10-8-6-4-2)69(97)67(95)70(98)75(77)116-78-60(83)64(92)73(55(48-85)111-78)115-79-71(99)65(93)62(90)56(112-79)51-106-81-76(68(96)61(89)54(47-84)110-81)117-80-72(100)66(94)63(91)57(113-80)52-109-119(101,102)107-46-45-82/h17-18,53-57,60-81,84-86,89-100H,3-16,19-52,82-83H2,1-2H3,(H,101,102)(H,103,104)/b18-17-/t53-,54?,55?,56?,57?,60?,61-,62-,63+,64-,65?,66+,67?,68?,69-,70?,71-,72?,73-,74+,75-,76-,77?,78-,79-,80-,81+/m1/s1. The molecule has 706 valence electrons. The third-order valence-electron chi connectivity index (χ3n) is 22.7. The monoisotopic (exact) mass is 1770 g/mol. The van der Waals surface area contributed by atoms with Gasteiger partial charge >= 0.3 is 27.6 Å². The number of aliphatic hydroxyl groups excluding tert-OH is 15. The van der Waals surface area contributed by atoms with Crippen LogP contribution in [0.5, 0.6) is 0 Å². The van der Waals surface area contributed by atoms with Gasteiger partial charge in [0.05, 0.1) is 45.7 Å². The summed E-state index contributed by atoms with van der Waals surface area (Å²) in [5.41, 5.74) is 11.8. The third-order valence-corrected chi connectivity index (χ3v) is 24.6. The molecule has 120 heavy (non-hydrogen) atoms. The van der Waals surface area contributed by atoms with Gasteiger partial charge in [0, 0.05) is 19.4 Å². The molecule has 39 heteroatoms. The smallest absolute Gasteiger partial charge is 0.463 e. The summed E-state index contributed by atoms with van der Waals surface area (Å²) in [4.78, 5) is 47.7. The van der Waals surface area contributed by atoms with Gasteiger partial charge in [-0.05, 0) is 38.5 Å². The number of carbonyl (C=O) groups is 2. The second kappa shape index (κ2) is 60.7. The van der Waals surface area contributed by atoms with Crippen LogP contribution in [0, 0.1) is 0 Å². The van der Waals surface area contributed by atoms with E-state index in [0.29, 0.717) is 19.3 Å². The summed E-state index contributed by atoms with van der Waals surface area (Å²) in [7, 11) is -10.4. The number of unbranched alkanes of at least 4 members (excludes halogenated alkanes) is 35. The predicted octanol–water partition coefficient (Wildman–Crippen LogP) is 4.32. The van der Waals surface area contributed by atoms with Crippen molar-refractivity contribution in [3.63, 3.8) is 0 Å². The molecule has 0 bridgehead atoms. The van der Waals surface area contributed by atoms with E-state index in [1.165, 1.54) is 154 Å². The fourth-order valence-electron chi connectivity index (χ4n) is 15.3. The van der Waals surface area contributed by atoms with Gasteiger partial charge in [-0.3, -0.25) is 27.7 Å². The Bertz CT molecular complexity index is 2800. The summed E-state index contributed by atoms with van der Waals surface area (Å²) in [5.74, 6) is -1.62. The molecule has 1 aliphatic carbocycles. The minimum absolute atomic E-state index is 0.0467. The van der Waals surface area contributed by atoms with Gasteiger partial charge in [-0.2, -0.15) is 0 Å².